The van der Waals surface area contributed by atoms with Gasteiger partial charge in [0.25, 0.3) is 0 Å². The van der Waals surface area contributed by atoms with E-state index in [2.05, 4.69) is 5.32 Å². The highest BCUT2D eigenvalue weighted by atomic mass is 16.2. The summed E-state index contributed by atoms with van der Waals surface area (Å²) in [5, 5.41) is 2.20. The highest BCUT2D eigenvalue weighted by Gasteiger charge is 2.62. The molecule has 0 radical (unpaired) electrons. The SMILES string of the molecule is CCN(CC)C(=O)CCN1C(=O)NC(=O)C2(CC2)C1=O. The lowest BCUT2D eigenvalue weighted by molar-refractivity contribution is -0.144. The van der Waals surface area contributed by atoms with Crippen molar-refractivity contribution in [1.82, 2.24) is 15.1 Å². The first-order valence-electron chi connectivity index (χ1n) is 6.91. The van der Waals surface area contributed by atoms with Crippen LogP contribution in [-0.4, -0.2) is 53.2 Å². The second kappa shape index (κ2) is 5.22. The molecule has 1 saturated carbocycles. The Bertz CT molecular complexity index is 466. The van der Waals surface area contributed by atoms with Gasteiger partial charge in [0.1, 0.15) is 5.41 Å². The molecule has 1 aliphatic heterocycles. The maximum absolute atomic E-state index is 12.2. The smallest absolute Gasteiger partial charge is 0.330 e. The summed E-state index contributed by atoms with van der Waals surface area (Å²) >= 11 is 0. The van der Waals surface area contributed by atoms with E-state index in [9.17, 15) is 19.2 Å². The molecule has 1 saturated heterocycles. The Morgan fingerprint density at radius 3 is 2.35 bits per heavy atom. The predicted octanol–water partition coefficient (Wildman–Crippen LogP) is 0.103. The minimum Gasteiger partial charge on any atom is -0.343 e. The van der Waals surface area contributed by atoms with Crippen molar-refractivity contribution in [2.45, 2.75) is 33.1 Å². The number of amides is 5. The van der Waals surface area contributed by atoms with E-state index in [1.165, 1.54) is 0 Å². The third kappa shape index (κ3) is 2.28. The monoisotopic (exact) mass is 281 g/mol. The summed E-state index contributed by atoms with van der Waals surface area (Å²) in [6.45, 7) is 4.96. The molecule has 0 bridgehead atoms. The number of barbiturate groups is 1. The standard InChI is InChI=1S/C13H19N3O4/c1-3-15(4-2)9(17)5-8-16-11(19)13(6-7-13)10(18)14-12(16)20/h3-8H2,1-2H3,(H,14,18,20). The number of rotatable bonds is 5. The van der Waals surface area contributed by atoms with Crippen LogP contribution in [0.2, 0.25) is 0 Å². The summed E-state index contributed by atoms with van der Waals surface area (Å²) in [6, 6.07) is -0.718. The molecule has 2 fully saturated rings. The van der Waals surface area contributed by atoms with Crippen LogP contribution in [0.15, 0.2) is 0 Å². The molecule has 20 heavy (non-hydrogen) atoms. The van der Waals surface area contributed by atoms with Crippen molar-refractivity contribution in [3.8, 4) is 0 Å². The number of carbonyl (C=O) groups excluding carboxylic acids is 4. The van der Waals surface area contributed by atoms with Crippen LogP contribution in [0, 0.1) is 5.41 Å². The highest BCUT2D eigenvalue weighted by Crippen LogP contribution is 2.48. The van der Waals surface area contributed by atoms with Gasteiger partial charge in [-0.15, -0.1) is 0 Å². The van der Waals surface area contributed by atoms with Crippen molar-refractivity contribution in [2.75, 3.05) is 19.6 Å². The number of nitrogens with zero attached hydrogens (tertiary/aromatic N) is 2. The van der Waals surface area contributed by atoms with Gasteiger partial charge in [-0.1, -0.05) is 0 Å². The highest BCUT2D eigenvalue weighted by molar-refractivity contribution is 6.20. The van der Waals surface area contributed by atoms with Gasteiger partial charge in [0.05, 0.1) is 0 Å². The van der Waals surface area contributed by atoms with Crippen LogP contribution in [0.3, 0.4) is 0 Å². The van der Waals surface area contributed by atoms with Crippen LogP contribution in [0.5, 0.6) is 0 Å². The molecular weight excluding hydrogens is 262 g/mol. The van der Waals surface area contributed by atoms with Gasteiger partial charge in [-0.25, -0.2) is 4.79 Å². The Morgan fingerprint density at radius 1 is 1.25 bits per heavy atom. The van der Waals surface area contributed by atoms with Gasteiger partial charge in [0.2, 0.25) is 17.7 Å². The van der Waals surface area contributed by atoms with Crippen molar-refractivity contribution in [1.29, 1.82) is 0 Å². The first kappa shape index (κ1) is 14.5. The number of carbonyl (C=O) groups is 4. The lowest BCUT2D eigenvalue weighted by Crippen LogP contribution is -2.59. The topological polar surface area (TPSA) is 86.8 Å². The quantitative estimate of drug-likeness (QED) is 0.724. The molecular formula is C13H19N3O4. The molecule has 1 N–H and O–H groups in total. The van der Waals surface area contributed by atoms with Gasteiger partial charge in [-0.2, -0.15) is 0 Å². The molecule has 1 aliphatic carbocycles. The predicted molar refractivity (Wildman–Crippen MR) is 69.5 cm³/mol. The summed E-state index contributed by atoms with van der Waals surface area (Å²) in [4.78, 5) is 50.0. The first-order chi connectivity index (χ1) is 9.46. The molecule has 2 rings (SSSR count). The summed E-state index contributed by atoms with van der Waals surface area (Å²) in [5.41, 5.74) is -1.04. The molecule has 7 heteroatoms. The average Bonchev–Trinajstić information content (AvgIpc) is 3.20. The van der Waals surface area contributed by atoms with E-state index in [1.54, 1.807) is 4.90 Å². The van der Waals surface area contributed by atoms with Crippen LogP contribution in [-0.2, 0) is 14.4 Å². The molecule has 1 spiro atoms. The van der Waals surface area contributed by atoms with Crippen molar-refractivity contribution in [3.05, 3.63) is 0 Å². The maximum atomic E-state index is 12.2. The maximum Gasteiger partial charge on any atom is 0.330 e. The van der Waals surface area contributed by atoms with E-state index >= 15 is 0 Å². The number of hydrogen-bond donors (Lipinski definition) is 1. The van der Waals surface area contributed by atoms with Gasteiger partial charge in [0, 0.05) is 26.1 Å². The van der Waals surface area contributed by atoms with Crippen LogP contribution in [0.4, 0.5) is 4.79 Å². The molecule has 0 unspecified atom stereocenters. The average molecular weight is 281 g/mol. The van der Waals surface area contributed by atoms with Gasteiger partial charge in [-0.3, -0.25) is 24.6 Å². The fourth-order valence-corrected chi connectivity index (χ4v) is 2.44. The lowest BCUT2D eigenvalue weighted by Gasteiger charge is -2.30. The van der Waals surface area contributed by atoms with Gasteiger partial charge >= 0.3 is 6.03 Å². The van der Waals surface area contributed by atoms with Crippen LogP contribution < -0.4 is 5.32 Å². The third-order valence-electron chi connectivity index (χ3n) is 3.97. The van der Waals surface area contributed by atoms with E-state index in [4.69, 9.17) is 0 Å². The molecule has 7 nitrogen and oxygen atoms in total. The third-order valence-corrected chi connectivity index (χ3v) is 3.97. The molecule has 5 amide bonds. The van der Waals surface area contributed by atoms with E-state index < -0.39 is 23.3 Å². The van der Waals surface area contributed by atoms with Crippen molar-refractivity contribution < 1.29 is 19.2 Å². The minimum atomic E-state index is -1.04. The number of urea groups is 1. The van der Waals surface area contributed by atoms with Crippen LogP contribution >= 0.6 is 0 Å². The Hall–Kier alpha value is -1.92. The number of imide groups is 2. The van der Waals surface area contributed by atoms with E-state index in [-0.39, 0.29) is 18.9 Å². The number of hydrogen-bond acceptors (Lipinski definition) is 4. The molecule has 0 atom stereocenters. The Morgan fingerprint density at radius 2 is 1.85 bits per heavy atom. The van der Waals surface area contributed by atoms with Crippen molar-refractivity contribution in [2.24, 2.45) is 5.41 Å². The van der Waals surface area contributed by atoms with Crippen molar-refractivity contribution >= 4 is 23.8 Å². The zero-order valence-corrected chi connectivity index (χ0v) is 11.8. The molecule has 0 aromatic carbocycles. The Balaban J connectivity index is 1.98. The van der Waals surface area contributed by atoms with Gasteiger partial charge < -0.3 is 4.90 Å². The van der Waals surface area contributed by atoms with Crippen LogP contribution in [0.1, 0.15) is 33.1 Å². The fraction of sp³-hybridized carbons (Fsp3) is 0.692. The Labute approximate surface area is 117 Å². The van der Waals surface area contributed by atoms with Crippen molar-refractivity contribution in [3.63, 3.8) is 0 Å². The lowest BCUT2D eigenvalue weighted by atomic mass is 10.0. The minimum absolute atomic E-state index is 0.0228. The molecule has 110 valence electrons. The van der Waals surface area contributed by atoms with Crippen LogP contribution in [0.25, 0.3) is 0 Å². The second-order valence-corrected chi connectivity index (χ2v) is 5.11. The summed E-state index contributed by atoms with van der Waals surface area (Å²) < 4.78 is 0. The zero-order chi connectivity index (χ0) is 14.9. The summed E-state index contributed by atoms with van der Waals surface area (Å²) in [6.07, 6.45) is 1.04. The fourth-order valence-electron chi connectivity index (χ4n) is 2.44. The summed E-state index contributed by atoms with van der Waals surface area (Å²) in [7, 11) is 0. The normalized spacial score (nSPS) is 20.1. The molecule has 1 heterocycles. The zero-order valence-electron chi connectivity index (χ0n) is 11.8. The number of nitrogens with one attached hydrogen (secondary N) is 1. The van der Waals surface area contributed by atoms with Gasteiger partial charge in [0.15, 0.2) is 0 Å². The molecule has 0 aromatic heterocycles. The second-order valence-electron chi connectivity index (χ2n) is 5.11. The van der Waals surface area contributed by atoms with E-state index in [1.807, 2.05) is 13.8 Å². The van der Waals surface area contributed by atoms with Gasteiger partial charge in [-0.05, 0) is 26.7 Å². The van der Waals surface area contributed by atoms with E-state index in [0.717, 1.165) is 4.90 Å². The van der Waals surface area contributed by atoms with E-state index in [0.29, 0.717) is 25.9 Å². The first-order valence-corrected chi connectivity index (χ1v) is 6.91. The molecule has 0 aromatic rings. The largest absolute Gasteiger partial charge is 0.343 e. The summed E-state index contributed by atoms with van der Waals surface area (Å²) in [5.74, 6) is -1.06. The molecule has 2 aliphatic rings. The Kier molecular flexibility index (Phi) is 3.78.